The normalized spacial score (nSPS) is 11.8. The molecule has 0 saturated carbocycles. The van der Waals surface area contributed by atoms with Crippen molar-refractivity contribution in [3.05, 3.63) is 53.6 Å². The molecular formula is C18H27FIN5. The molecule has 7 heteroatoms. The molecule has 2 aromatic rings. The van der Waals surface area contributed by atoms with E-state index in [1.54, 1.807) is 16.9 Å². The first-order chi connectivity index (χ1) is 11.4. The Morgan fingerprint density at radius 2 is 1.96 bits per heavy atom. The van der Waals surface area contributed by atoms with Gasteiger partial charge in [-0.15, -0.1) is 24.0 Å². The highest BCUT2D eigenvalue weighted by Crippen LogP contribution is 2.24. The molecule has 0 saturated heterocycles. The summed E-state index contributed by atoms with van der Waals surface area (Å²) in [4.78, 5) is 4.58. The van der Waals surface area contributed by atoms with Crippen molar-refractivity contribution in [3.8, 4) is 0 Å². The number of halogens is 2. The van der Waals surface area contributed by atoms with E-state index in [2.05, 4.69) is 20.7 Å². The highest BCUT2D eigenvalue weighted by atomic mass is 127. The van der Waals surface area contributed by atoms with Gasteiger partial charge in [0.25, 0.3) is 0 Å². The Kier molecular flexibility index (Phi) is 8.34. The second kappa shape index (κ2) is 9.74. The molecule has 25 heavy (non-hydrogen) atoms. The van der Waals surface area contributed by atoms with Crippen LogP contribution in [-0.2, 0) is 19.0 Å². The molecule has 0 amide bonds. The Hall–Kier alpha value is -1.64. The molecule has 0 aliphatic rings. The molecule has 0 aliphatic heterocycles. The maximum absolute atomic E-state index is 14.1. The summed E-state index contributed by atoms with van der Waals surface area (Å²) in [5.74, 6) is 0.532. The van der Waals surface area contributed by atoms with Crippen molar-refractivity contribution < 1.29 is 4.39 Å². The van der Waals surface area contributed by atoms with Crippen molar-refractivity contribution in [1.82, 2.24) is 20.4 Å². The fraction of sp³-hybridized carbons (Fsp3) is 0.444. The second-order valence-corrected chi connectivity index (χ2v) is 6.36. The summed E-state index contributed by atoms with van der Waals surface area (Å²) < 4.78 is 15.9. The van der Waals surface area contributed by atoms with Crippen molar-refractivity contribution in [3.63, 3.8) is 0 Å². The molecular weight excluding hydrogens is 432 g/mol. The molecule has 0 bridgehead atoms. The average Bonchev–Trinajstić information content (AvgIpc) is 2.95. The van der Waals surface area contributed by atoms with Gasteiger partial charge in [-0.1, -0.05) is 32.0 Å². The minimum absolute atomic E-state index is 0. The van der Waals surface area contributed by atoms with Crippen molar-refractivity contribution >= 4 is 29.9 Å². The maximum Gasteiger partial charge on any atom is 0.191 e. The van der Waals surface area contributed by atoms with Gasteiger partial charge in [-0.3, -0.25) is 4.68 Å². The molecule has 1 aromatic heterocycles. The first-order valence-corrected chi connectivity index (χ1v) is 8.18. The average molecular weight is 459 g/mol. The topological polar surface area (TPSA) is 54.2 Å². The van der Waals surface area contributed by atoms with Crippen LogP contribution in [0.3, 0.4) is 0 Å². The molecule has 0 aliphatic carbocycles. The SMILES string of the molecule is CCNC(=NCc1ccnn1C)NCC(C)(C)c1ccccc1F.I. The van der Waals surface area contributed by atoms with Crippen molar-refractivity contribution in [2.45, 2.75) is 32.7 Å². The minimum Gasteiger partial charge on any atom is -0.357 e. The number of nitrogens with zero attached hydrogens (tertiary/aromatic N) is 3. The summed E-state index contributed by atoms with van der Waals surface area (Å²) in [5.41, 5.74) is 1.37. The van der Waals surface area contributed by atoms with Gasteiger partial charge in [-0.25, -0.2) is 9.38 Å². The zero-order valence-electron chi connectivity index (χ0n) is 15.2. The van der Waals surface area contributed by atoms with E-state index in [0.717, 1.165) is 12.2 Å². The smallest absolute Gasteiger partial charge is 0.191 e. The summed E-state index contributed by atoms with van der Waals surface area (Å²) in [6.07, 6.45) is 1.76. The van der Waals surface area contributed by atoms with Crippen LogP contribution in [0.1, 0.15) is 32.0 Å². The van der Waals surface area contributed by atoms with Crippen molar-refractivity contribution in [1.29, 1.82) is 0 Å². The highest BCUT2D eigenvalue weighted by molar-refractivity contribution is 14.0. The Morgan fingerprint density at radius 1 is 1.24 bits per heavy atom. The fourth-order valence-corrected chi connectivity index (χ4v) is 2.47. The molecule has 0 unspecified atom stereocenters. The molecule has 2 rings (SSSR count). The number of aryl methyl sites for hydroxylation is 1. The Balaban J connectivity index is 0.00000312. The third kappa shape index (κ3) is 5.98. The van der Waals surface area contributed by atoms with Gasteiger partial charge in [0.05, 0.1) is 12.2 Å². The first kappa shape index (κ1) is 21.4. The number of nitrogens with one attached hydrogen (secondary N) is 2. The van der Waals surface area contributed by atoms with Gasteiger partial charge in [0, 0.05) is 31.7 Å². The molecule has 0 fully saturated rings. The van der Waals surface area contributed by atoms with Gasteiger partial charge in [-0.2, -0.15) is 5.10 Å². The molecule has 1 heterocycles. The lowest BCUT2D eigenvalue weighted by atomic mass is 9.84. The van der Waals surface area contributed by atoms with Crippen LogP contribution in [0, 0.1) is 5.82 Å². The van der Waals surface area contributed by atoms with Crippen LogP contribution >= 0.6 is 24.0 Å². The van der Waals surface area contributed by atoms with E-state index in [-0.39, 0.29) is 35.2 Å². The van der Waals surface area contributed by atoms with Gasteiger partial charge in [0.1, 0.15) is 5.82 Å². The van der Waals surface area contributed by atoms with Crippen LogP contribution in [0.5, 0.6) is 0 Å². The van der Waals surface area contributed by atoms with E-state index in [1.165, 1.54) is 6.07 Å². The molecule has 1 aromatic carbocycles. The zero-order valence-corrected chi connectivity index (χ0v) is 17.5. The van der Waals surface area contributed by atoms with Crippen molar-refractivity contribution in [2.24, 2.45) is 12.0 Å². The fourth-order valence-electron chi connectivity index (χ4n) is 2.47. The van der Waals surface area contributed by atoms with E-state index < -0.39 is 0 Å². The predicted octanol–water partition coefficient (Wildman–Crippen LogP) is 3.21. The minimum atomic E-state index is -0.353. The number of hydrogen-bond donors (Lipinski definition) is 2. The zero-order chi connectivity index (χ0) is 17.6. The lowest BCUT2D eigenvalue weighted by Crippen LogP contribution is -2.43. The Morgan fingerprint density at radius 3 is 2.56 bits per heavy atom. The number of guanidine groups is 1. The lowest BCUT2D eigenvalue weighted by Gasteiger charge is -2.27. The second-order valence-electron chi connectivity index (χ2n) is 6.36. The van der Waals surface area contributed by atoms with E-state index in [9.17, 15) is 4.39 Å². The first-order valence-electron chi connectivity index (χ1n) is 8.18. The third-order valence-corrected chi connectivity index (χ3v) is 3.97. The molecule has 0 atom stereocenters. The van der Waals surface area contributed by atoms with Crippen molar-refractivity contribution in [2.75, 3.05) is 13.1 Å². The van der Waals surface area contributed by atoms with Crippen LogP contribution in [0.4, 0.5) is 4.39 Å². The van der Waals surface area contributed by atoms with Gasteiger partial charge < -0.3 is 10.6 Å². The van der Waals surface area contributed by atoms with Crippen LogP contribution in [0.15, 0.2) is 41.5 Å². The summed E-state index contributed by atoms with van der Waals surface area (Å²) >= 11 is 0. The molecule has 0 radical (unpaired) electrons. The van der Waals surface area contributed by atoms with Gasteiger partial charge in [0.15, 0.2) is 5.96 Å². The van der Waals surface area contributed by atoms with E-state index in [1.807, 2.05) is 46.0 Å². The Labute approximate surface area is 166 Å². The monoisotopic (exact) mass is 459 g/mol. The molecule has 0 spiro atoms. The van der Waals surface area contributed by atoms with Gasteiger partial charge >= 0.3 is 0 Å². The number of aromatic nitrogens is 2. The molecule has 138 valence electrons. The predicted molar refractivity (Wildman–Crippen MR) is 111 cm³/mol. The van der Waals surface area contributed by atoms with Crippen LogP contribution in [-0.4, -0.2) is 28.8 Å². The van der Waals surface area contributed by atoms with E-state index in [0.29, 0.717) is 24.6 Å². The van der Waals surface area contributed by atoms with Gasteiger partial charge in [-0.05, 0) is 24.6 Å². The van der Waals surface area contributed by atoms with E-state index in [4.69, 9.17) is 0 Å². The summed E-state index contributed by atoms with van der Waals surface area (Å²) in [6.45, 7) is 7.92. The standard InChI is InChI=1S/C18H26FN5.HI/c1-5-20-17(21-12-14-10-11-23-24(14)4)22-13-18(2,3)15-8-6-7-9-16(15)19;/h6-11H,5,12-13H2,1-4H3,(H2,20,21,22);1H. The molecule has 5 nitrogen and oxygen atoms in total. The van der Waals surface area contributed by atoms with Crippen LogP contribution in [0.2, 0.25) is 0 Å². The quantitative estimate of drug-likeness (QED) is 0.397. The lowest BCUT2D eigenvalue weighted by molar-refractivity contribution is 0.473. The summed E-state index contributed by atoms with van der Waals surface area (Å²) in [7, 11) is 1.90. The van der Waals surface area contributed by atoms with Gasteiger partial charge in [0.2, 0.25) is 0 Å². The summed E-state index contributed by atoms with van der Waals surface area (Å²) in [6, 6.07) is 8.84. The molecule has 2 N–H and O–H groups in total. The summed E-state index contributed by atoms with van der Waals surface area (Å²) in [5, 5.41) is 10.7. The maximum atomic E-state index is 14.1. The van der Waals surface area contributed by atoms with Crippen LogP contribution in [0.25, 0.3) is 0 Å². The van der Waals surface area contributed by atoms with E-state index >= 15 is 0 Å². The third-order valence-electron chi connectivity index (χ3n) is 3.97. The number of aliphatic imine (C=N–C) groups is 1. The van der Waals surface area contributed by atoms with Crippen LogP contribution < -0.4 is 10.6 Å². The number of rotatable bonds is 6. The Bertz CT molecular complexity index is 696. The largest absolute Gasteiger partial charge is 0.357 e. The highest BCUT2D eigenvalue weighted by Gasteiger charge is 2.24. The number of benzene rings is 1. The number of hydrogen-bond acceptors (Lipinski definition) is 2.